The van der Waals surface area contributed by atoms with E-state index in [1.54, 1.807) is 23.1 Å². The van der Waals surface area contributed by atoms with Gasteiger partial charge in [0.05, 0.1) is 34.9 Å². The van der Waals surface area contributed by atoms with Crippen molar-refractivity contribution in [3.05, 3.63) is 35.0 Å². The number of hydrogen-bond donors (Lipinski definition) is 1. The van der Waals surface area contributed by atoms with Crippen LogP contribution in [0, 0.1) is 5.92 Å². The van der Waals surface area contributed by atoms with Crippen LogP contribution in [0.3, 0.4) is 0 Å². The third-order valence-corrected chi connectivity index (χ3v) is 4.96. The normalized spacial score (nSPS) is 15.6. The largest absolute Gasteiger partial charge is 0.397 e. The van der Waals surface area contributed by atoms with Crippen molar-refractivity contribution in [3.63, 3.8) is 0 Å². The van der Waals surface area contributed by atoms with Crippen LogP contribution in [-0.4, -0.2) is 28.5 Å². The molecule has 1 amide bonds. The maximum Gasteiger partial charge on any atom is 0.391 e. The molecule has 0 saturated heterocycles. The van der Waals surface area contributed by atoms with E-state index in [4.69, 9.17) is 5.73 Å². The van der Waals surface area contributed by atoms with Gasteiger partial charge in [0.25, 0.3) is 5.91 Å². The number of nitrogen functional groups attached to an aromatic ring is 1. The Labute approximate surface area is 150 Å². The molecule has 0 fully saturated rings. The average molecular weight is 365 g/mol. The van der Waals surface area contributed by atoms with E-state index in [-0.39, 0.29) is 18.7 Å². The SMILES string of the molecule is CCCN1Cc2nc3c(CCC(C)C(F)(F)F)cccc3c(N)c2C1=O. The number of anilines is 1. The first-order chi connectivity index (χ1) is 12.2. The smallest absolute Gasteiger partial charge is 0.391 e. The second-order valence-electron chi connectivity index (χ2n) is 6.87. The van der Waals surface area contributed by atoms with Gasteiger partial charge in [-0.2, -0.15) is 13.2 Å². The van der Waals surface area contributed by atoms with Gasteiger partial charge in [0.2, 0.25) is 0 Å². The fourth-order valence-electron chi connectivity index (χ4n) is 3.37. The lowest BCUT2D eigenvalue weighted by Gasteiger charge is -2.16. The fourth-order valence-corrected chi connectivity index (χ4v) is 3.37. The van der Waals surface area contributed by atoms with Gasteiger partial charge in [-0.1, -0.05) is 32.0 Å². The minimum atomic E-state index is -4.20. The quantitative estimate of drug-likeness (QED) is 0.859. The summed E-state index contributed by atoms with van der Waals surface area (Å²) in [5.74, 6) is -1.50. The van der Waals surface area contributed by atoms with Crippen LogP contribution in [0.1, 0.15) is 48.3 Å². The number of fused-ring (bicyclic) bond motifs is 2. The Balaban J connectivity index is 1.98. The number of alkyl halides is 3. The Morgan fingerprint density at radius 1 is 1.35 bits per heavy atom. The molecule has 1 atom stereocenters. The summed E-state index contributed by atoms with van der Waals surface area (Å²) in [6.07, 6.45) is -3.12. The van der Waals surface area contributed by atoms with E-state index in [0.717, 1.165) is 12.0 Å². The number of carbonyl (C=O) groups excluding carboxylic acids is 1. The summed E-state index contributed by atoms with van der Waals surface area (Å²) in [6.45, 7) is 4.20. The van der Waals surface area contributed by atoms with Crippen LogP contribution in [0.4, 0.5) is 18.9 Å². The minimum Gasteiger partial charge on any atom is -0.397 e. The summed E-state index contributed by atoms with van der Waals surface area (Å²) in [5, 5.41) is 0.632. The van der Waals surface area contributed by atoms with E-state index in [9.17, 15) is 18.0 Å². The van der Waals surface area contributed by atoms with E-state index in [1.807, 2.05) is 6.92 Å². The van der Waals surface area contributed by atoms with E-state index in [0.29, 0.717) is 40.9 Å². The predicted molar refractivity (Wildman–Crippen MR) is 94.7 cm³/mol. The highest BCUT2D eigenvalue weighted by Crippen LogP contribution is 2.35. The lowest BCUT2D eigenvalue weighted by molar-refractivity contribution is -0.170. The Morgan fingerprint density at radius 3 is 2.73 bits per heavy atom. The summed E-state index contributed by atoms with van der Waals surface area (Å²) in [7, 11) is 0. The van der Waals surface area contributed by atoms with Gasteiger partial charge in [-0.3, -0.25) is 4.79 Å². The first-order valence-electron chi connectivity index (χ1n) is 8.80. The zero-order chi connectivity index (χ0) is 19.1. The molecule has 2 aromatic rings. The molecule has 140 valence electrons. The predicted octanol–water partition coefficient (Wildman–Crippen LogP) is 4.31. The molecular formula is C19H22F3N3O. The number of nitrogens with two attached hydrogens (primary N) is 1. The molecule has 1 unspecified atom stereocenters. The summed E-state index contributed by atoms with van der Waals surface area (Å²) in [6, 6.07) is 5.30. The Morgan fingerprint density at radius 2 is 2.08 bits per heavy atom. The molecule has 3 rings (SSSR count). The number of amides is 1. The van der Waals surface area contributed by atoms with E-state index in [1.165, 1.54) is 6.92 Å². The number of para-hydroxylation sites is 1. The monoisotopic (exact) mass is 365 g/mol. The third-order valence-electron chi connectivity index (χ3n) is 4.96. The topological polar surface area (TPSA) is 59.2 Å². The molecule has 2 N–H and O–H groups in total. The van der Waals surface area contributed by atoms with Gasteiger partial charge < -0.3 is 10.6 Å². The minimum absolute atomic E-state index is 0.0117. The van der Waals surface area contributed by atoms with E-state index < -0.39 is 12.1 Å². The number of rotatable bonds is 5. The summed E-state index contributed by atoms with van der Waals surface area (Å²) < 4.78 is 38.4. The van der Waals surface area contributed by atoms with Crippen LogP contribution in [0.15, 0.2) is 18.2 Å². The van der Waals surface area contributed by atoms with Crippen LogP contribution in [0.25, 0.3) is 10.9 Å². The van der Waals surface area contributed by atoms with Crippen molar-refractivity contribution in [2.24, 2.45) is 5.92 Å². The number of aryl methyl sites for hydroxylation is 1. The number of pyridine rings is 1. The van der Waals surface area contributed by atoms with Crippen LogP contribution in [0.2, 0.25) is 0 Å². The van der Waals surface area contributed by atoms with Crippen LogP contribution >= 0.6 is 0 Å². The molecular weight excluding hydrogens is 343 g/mol. The highest BCUT2D eigenvalue weighted by atomic mass is 19.4. The maximum atomic E-state index is 12.8. The molecule has 1 aliphatic heterocycles. The molecule has 1 aromatic carbocycles. The van der Waals surface area contributed by atoms with Crippen molar-refractivity contribution in [3.8, 4) is 0 Å². The van der Waals surface area contributed by atoms with Gasteiger partial charge in [0, 0.05) is 11.9 Å². The van der Waals surface area contributed by atoms with Crippen molar-refractivity contribution in [2.75, 3.05) is 12.3 Å². The summed E-state index contributed by atoms with van der Waals surface area (Å²) in [5.41, 5.74) is 9.00. The summed E-state index contributed by atoms with van der Waals surface area (Å²) >= 11 is 0. The average Bonchev–Trinajstić information content (AvgIpc) is 2.88. The second kappa shape index (κ2) is 6.78. The van der Waals surface area contributed by atoms with Crippen LogP contribution < -0.4 is 5.73 Å². The standard InChI is InChI=1S/C19H22F3N3O/c1-3-9-25-10-14-15(18(25)26)16(23)13-6-4-5-12(17(13)24-14)8-7-11(2)19(20,21)22/h4-6,11H,3,7-10H2,1-2H3,(H2,23,24). The zero-order valence-electron chi connectivity index (χ0n) is 14.9. The van der Waals surface area contributed by atoms with Crippen LogP contribution in [0.5, 0.6) is 0 Å². The van der Waals surface area contributed by atoms with Gasteiger partial charge in [-0.25, -0.2) is 4.98 Å². The van der Waals surface area contributed by atoms with Crippen molar-refractivity contribution in [1.29, 1.82) is 0 Å². The molecule has 0 saturated carbocycles. The molecule has 2 heterocycles. The molecule has 0 spiro atoms. The number of halogens is 3. The van der Waals surface area contributed by atoms with Crippen molar-refractivity contribution < 1.29 is 18.0 Å². The Hall–Kier alpha value is -2.31. The zero-order valence-corrected chi connectivity index (χ0v) is 14.9. The molecule has 0 bridgehead atoms. The maximum absolute atomic E-state index is 12.8. The lowest BCUT2D eigenvalue weighted by atomic mass is 9.97. The van der Waals surface area contributed by atoms with Crippen LogP contribution in [-0.2, 0) is 13.0 Å². The molecule has 1 aliphatic rings. The molecule has 4 nitrogen and oxygen atoms in total. The molecule has 1 aromatic heterocycles. The van der Waals surface area contributed by atoms with Gasteiger partial charge in [0.1, 0.15) is 0 Å². The molecule has 0 aliphatic carbocycles. The third kappa shape index (κ3) is 3.22. The first-order valence-corrected chi connectivity index (χ1v) is 8.80. The second-order valence-corrected chi connectivity index (χ2v) is 6.87. The fraction of sp³-hybridized carbons (Fsp3) is 0.474. The highest BCUT2D eigenvalue weighted by molar-refractivity contribution is 6.09. The van der Waals surface area contributed by atoms with Gasteiger partial charge >= 0.3 is 6.18 Å². The van der Waals surface area contributed by atoms with Crippen molar-refractivity contribution in [1.82, 2.24) is 9.88 Å². The van der Waals surface area contributed by atoms with Crippen molar-refractivity contribution >= 4 is 22.5 Å². The Bertz CT molecular complexity index is 848. The summed E-state index contributed by atoms with van der Waals surface area (Å²) in [4.78, 5) is 18.9. The number of aromatic nitrogens is 1. The van der Waals surface area contributed by atoms with E-state index in [2.05, 4.69) is 4.98 Å². The first kappa shape index (κ1) is 18.5. The number of benzene rings is 1. The number of hydrogen-bond acceptors (Lipinski definition) is 3. The molecule has 26 heavy (non-hydrogen) atoms. The highest BCUT2D eigenvalue weighted by Gasteiger charge is 2.35. The number of nitrogens with zero attached hydrogens (tertiary/aromatic N) is 2. The molecule has 7 heteroatoms. The van der Waals surface area contributed by atoms with Gasteiger partial charge in [-0.05, 0) is 24.8 Å². The molecule has 0 radical (unpaired) electrons. The lowest BCUT2D eigenvalue weighted by Crippen LogP contribution is -2.24. The van der Waals surface area contributed by atoms with E-state index >= 15 is 0 Å². The van der Waals surface area contributed by atoms with Crippen molar-refractivity contribution in [2.45, 2.75) is 45.8 Å². The Kier molecular flexibility index (Phi) is 4.82. The van der Waals surface area contributed by atoms with Gasteiger partial charge in [0.15, 0.2) is 0 Å². The number of carbonyl (C=O) groups is 1. The van der Waals surface area contributed by atoms with Gasteiger partial charge in [-0.15, -0.1) is 0 Å².